The Morgan fingerprint density at radius 3 is 2.30 bits per heavy atom. The number of aryl methyl sites for hydroxylation is 1. The van der Waals surface area contributed by atoms with E-state index in [1.165, 1.54) is 0 Å². The van der Waals surface area contributed by atoms with Gasteiger partial charge < -0.3 is 4.74 Å². The molecule has 0 radical (unpaired) electrons. The predicted octanol–water partition coefficient (Wildman–Crippen LogP) is 1.75. The number of rotatable bonds is 1. The van der Waals surface area contributed by atoms with Gasteiger partial charge in [0.05, 0.1) is 13.3 Å². The zero-order valence-electron chi connectivity index (χ0n) is 6.93. The summed E-state index contributed by atoms with van der Waals surface area (Å²) < 4.78 is 4.87. The Kier molecular flexibility index (Phi) is 4.37. The Hall–Kier alpha value is -0.990. The summed E-state index contributed by atoms with van der Waals surface area (Å²) in [7, 11) is 1.61. The van der Waals surface area contributed by atoms with E-state index in [0.717, 1.165) is 11.4 Å². The Bertz CT molecular complexity index is 172. The van der Waals surface area contributed by atoms with Gasteiger partial charge in [-0.3, -0.25) is 0 Å². The number of aromatic amines is 1. The number of aromatic nitrogens is 2. The van der Waals surface area contributed by atoms with Crippen molar-refractivity contribution >= 4 is 0 Å². The number of nitrogens with zero attached hydrogens (tertiary/aromatic N) is 1. The van der Waals surface area contributed by atoms with Gasteiger partial charge in [-0.15, -0.1) is 0 Å². The monoisotopic (exact) mass is 142 g/mol. The zero-order chi connectivity index (χ0) is 7.98. The van der Waals surface area contributed by atoms with Crippen LogP contribution in [0.1, 0.15) is 19.4 Å². The molecule has 1 N–H and O–H groups in total. The van der Waals surface area contributed by atoms with Crippen LogP contribution in [0.2, 0.25) is 0 Å². The predicted molar refractivity (Wildman–Crippen MR) is 41.2 cm³/mol. The molecule has 0 spiro atoms. The molecule has 3 nitrogen and oxygen atoms in total. The maximum Gasteiger partial charge on any atom is 0.211 e. The largest absolute Gasteiger partial charge is 0.481 e. The van der Waals surface area contributed by atoms with Crippen molar-refractivity contribution in [3.63, 3.8) is 0 Å². The molecule has 0 saturated carbocycles. The van der Waals surface area contributed by atoms with Crippen LogP contribution in [0.4, 0.5) is 0 Å². The first-order valence-electron chi connectivity index (χ1n) is 3.38. The number of ether oxygens (including phenoxy) is 1. The molecule has 1 heterocycles. The third-order valence-electron chi connectivity index (χ3n) is 0.987. The smallest absolute Gasteiger partial charge is 0.211 e. The van der Waals surface area contributed by atoms with Crippen molar-refractivity contribution in [3.05, 3.63) is 11.8 Å². The topological polar surface area (TPSA) is 37.9 Å². The number of nitrogens with one attached hydrogen (secondary N) is 1. The maximum absolute atomic E-state index is 4.87. The minimum absolute atomic E-state index is 0.741. The summed E-state index contributed by atoms with van der Waals surface area (Å²) in [4.78, 5) is 0. The molecule has 3 heteroatoms. The summed E-state index contributed by atoms with van der Waals surface area (Å²) in [5, 5.41) is 6.43. The molecule has 0 aliphatic carbocycles. The van der Waals surface area contributed by atoms with Crippen LogP contribution in [0, 0.1) is 6.92 Å². The minimum Gasteiger partial charge on any atom is -0.481 e. The lowest BCUT2D eigenvalue weighted by Gasteiger charge is -1.91. The summed E-state index contributed by atoms with van der Waals surface area (Å²) in [6.45, 7) is 5.93. The SMILES string of the molecule is CC.COc1[nH]ncc1C. The van der Waals surface area contributed by atoms with Gasteiger partial charge >= 0.3 is 0 Å². The number of hydrogen-bond donors (Lipinski definition) is 1. The van der Waals surface area contributed by atoms with E-state index in [2.05, 4.69) is 10.2 Å². The van der Waals surface area contributed by atoms with Crippen molar-refractivity contribution in [2.45, 2.75) is 20.8 Å². The molecule has 1 aromatic heterocycles. The van der Waals surface area contributed by atoms with Crippen molar-refractivity contribution in [2.24, 2.45) is 0 Å². The zero-order valence-corrected chi connectivity index (χ0v) is 6.93. The van der Waals surface area contributed by atoms with Gasteiger partial charge in [0, 0.05) is 5.56 Å². The third kappa shape index (κ3) is 2.09. The first kappa shape index (κ1) is 9.01. The quantitative estimate of drug-likeness (QED) is 0.648. The van der Waals surface area contributed by atoms with Crippen LogP contribution in [0.25, 0.3) is 0 Å². The lowest BCUT2D eigenvalue weighted by Crippen LogP contribution is -1.83. The summed E-state index contributed by atoms with van der Waals surface area (Å²) in [5.41, 5.74) is 1.03. The molecule has 0 saturated heterocycles. The first-order chi connectivity index (χ1) is 4.84. The second-order valence-electron chi connectivity index (χ2n) is 1.59. The molecule has 0 aliphatic heterocycles. The highest BCUT2D eigenvalue weighted by Crippen LogP contribution is 2.09. The van der Waals surface area contributed by atoms with Crippen LogP contribution < -0.4 is 4.74 Å². The molecule has 0 fully saturated rings. The molecular weight excluding hydrogens is 128 g/mol. The average molecular weight is 142 g/mol. The van der Waals surface area contributed by atoms with E-state index in [9.17, 15) is 0 Å². The van der Waals surface area contributed by atoms with E-state index in [0.29, 0.717) is 0 Å². The lowest BCUT2D eigenvalue weighted by atomic mass is 10.4. The van der Waals surface area contributed by atoms with E-state index >= 15 is 0 Å². The fourth-order valence-electron chi connectivity index (χ4n) is 0.541. The van der Waals surface area contributed by atoms with Crippen LogP contribution in [0.15, 0.2) is 6.20 Å². The molecule has 10 heavy (non-hydrogen) atoms. The lowest BCUT2D eigenvalue weighted by molar-refractivity contribution is 0.394. The highest BCUT2D eigenvalue weighted by Gasteiger charge is 1.94. The molecule has 1 aromatic rings. The van der Waals surface area contributed by atoms with Crippen molar-refractivity contribution in [1.29, 1.82) is 0 Å². The van der Waals surface area contributed by atoms with Crippen LogP contribution in [0.3, 0.4) is 0 Å². The van der Waals surface area contributed by atoms with Crippen molar-refractivity contribution in [1.82, 2.24) is 10.2 Å². The van der Waals surface area contributed by atoms with E-state index < -0.39 is 0 Å². The van der Waals surface area contributed by atoms with Crippen molar-refractivity contribution in [2.75, 3.05) is 7.11 Å². The number of methoxy groups -OCH3 is 1. The highest BCUT2D eigenvalue weighted by atomic mass is 16.5. The molecule has 0 bridgehead atoms. The van der Waals surface area contributed by atoms with Gasteiger partial charge in [0.1, 0.15) is 0 Å². The van der Waals surface area contributed by atoms with Gasteiger partial charge in [-0.05, 0) is 6.92 Å². The first-order valence-corrected chi connectivity index (χ1v) is 3.38. The van der Waals surface area contributed by atoms with Crippen LogP contribution in [0.5, 0.6) is 5.88 Å². The van der Waals surface area contributed by atoms with E-state index in [-0.39, 0.29) is 0 Å². The van der Waals surface area contributed by atoms with Gasteiger partial charge in [0.2, 0.25) is 5.88 Å². The summed E-state index contributed by atoms with van der Waals surface area (Å²) >= 11 is 0. The van der Waals surface area contributed by atoms with Crippen molar-refractivity contribution < 1.29 is 4.74 Å². The average Bonchev–Trinajstić information content (AvgIpc) is 2.39. The van der Waals surface area contributed by atoms with Gasteiger partial charge in [0.25, 0.3) is 0 Å². The Morgan fingerprint density at radius 1 is 1.50 bits per heavy atom. The van der Waals surface area contributed by atoms with E-state index in [1.54, 1.807) is 13.3 Å². The van der Waals surface area contributed by atoms with Gasteiger partial charge in [-0.1, -0.05) is 13.8 Å². The molecule has 0 aromatic carbocycles. The summed E-state index contributed by atoms with van der Waals surface area (Å²) in [6.07, 6.45) is 1.72. The highest BCUT2D eigenvalue weighted by molar-refractivity contribution is 5.19. The molecule has 0 unspecified atom stereocenters. The fraction of sp³-hybridized carbons (Fsp3) is 0.571. The normalized spacial score (nSPS) is 8.00. The summed E-state index contributed by atoms with van der Waals surface area (Å²) in [6, 6.07) is 0. The fourth-order valence-corrected chi connectivity index (χ4v) is 0.541. The molecular formula is C7H14N2O. The number of H-pyrrole nitrogens is 1. The van der Waals surface area contributed by atoms with Gasteiger partial charge in [0.15, 0.2) is 0 Å². The molecule has 58 valence electrons. The molecule has 0 amide bonds. The Morgan fingerprint density at radius 2 is 2.10 bits per heavy atom. The van der Waals surface area contributed by atoms with Crippen LogP contribution in [-0.4, -0.2) is 17.3 Å². The van der Waals surface area contributed by atoms with Crippen LogP contribution in [-0.2, 0) is 0 Å². The Labute approximate surface area is 61.4 Å². The molecule has 1 rings (SSSR count). The molecule has 0 aliphatic rings. The van der Waals surface area contributed by atoms with Crippen molar-refractivity contribution in [3.8, 4) is 5.88 Å². The van der Waals surface area contributed by atoms with Gasteiger partial charge in [-0.25, -0.2) is 5.10 Å². The maximum atomic E-state index is 4.87. The standard InChI is InChI=1S/C5H8N2O.C2H6/c1-4-3-6-7-5(4)8-2;1-2/h3H,1-2H3,(H,6,7);1-2H3. The van der Waals surface area contributed by atoms with E-state index in [4.69, 9.17) is 4.74 Å². The number of hydrogen-bond acceptors (Lipinski definition) is 2. The van der Waals surface area contributed by atoms with E-state index in [1.807, 2.05) is 20.8 Å². The van der Waals surface area contributed by atoms with Crippen LogP contribution >= 0.6 is 0 Å². The Balaban J connectivity index is 0.000000371. The summed E-state index contributed by atoms with van der Waals surface area (Å²) in [5.74, 6) is 0.741. The molecule has 0 atom stereocenters. The second kappa shape index (κ2) is 4.85. The minimum atomic E-state index is 0.741. The second-order valence-corrected chi connectivity index (χ2v) is 1.59. The van der Waals surface area contributed by atoms with Gasteiger partial charge in [-0.2, -0.15) is 5.10 Å². The third-order valence-corrected chi connectivity index (χ3v) is 0.987.